The summed E-state index contributed by atoms with van der Waals surface area (Å²) in [6.07, 6.45) is -4.91. The van der Waals surface area contributed by atoms with E-state index in [1.807, 2.05) is 0 Å². The van der Waals surface area contributed by atoms with Crippen molar-refractivity contribution in [3.8, 4) is 5.88 Å². The monoisotopic (exact) mass is 261 g/mol. The van der Waals surface area contributed by atoms with Crippen molar-refractivity contribution in [2.24, 2.45) is 5.73 Å². The molecule has 0 aromatic carbocycles. The first-order chi connectivity index (χ1) is 8.38. The zero-order valence-corrected chi connectivity index (χ0v) is 9.12. The van der Waals surface area contributed by atoms with Crippen LogP contribution in [0.5, 0.6) is 5.88 Å². The fourth-order valence-corrected chi connectivity index (χ4v) is 1.33. The van der Waals surface area contributed by atoms with Crippen molar-refractivity contribution >= 4 is 5.84 Å². The number of hydrogen-bond donors (Lipinski definition) is 2. The van der Waals surface area contributed by atoms with Crippen LogP contribution in [0.4, 0.5) is 13.2 Å². The minimum atomic E-state index is -4.57. The fourth-order valence-electron chi connectivity index (χ4n) is 1.33. The number of aromatic nitrogens is 1. The Morgan fingerprint density at radius 1 is 1.44 bits per heavy atom. The first kappa shape index (κ1) is 12.6. The fraction of sp³-hybridized carbons (Fsp3) is 0.400. The molecule has 98 valence electrons. The molecule has 0 radical (unpaired) electrons. The Bertz CT molecular complexity index is 472. The minimum absolute atomic E-state index is 0.0369. The smallest absolute Gasteiger partial charge is 0.433 e. The lowest BCUT2D eigenvalue weighted by Crippen LogP contribution is -2.39. The topological polar surface area (TPSA) is 81.2 Å². The van der Waals surface area contributed by atoms with Crippen molar-refractivity contribution in [3.63, 3.8) is 0 Å². The summed E-state index contributed by atoms with van der Waals surface area (Å²) in [5.74, 6) is -0.683. The van der Waals surface area contributed by atoms with Crippen molar-refractivity contribution in [1.29, 1.82) is 5.41 Å². The van der Waals surface area contributed by atoms with E-state index >= 15 is 0 Å². The Balaban J connectivity index is 2.34. The molecule has 0 spiro atoms. The van der Waals surface area contributed by atoms with Crippen LogP contribution in [0.2, 0.25) is 0 Å². The number of hydrogen-bond acceptors (Lipinski definition) is 4. The van der Waals surface area contributed by atoms with Crippen molar-refractivity contribution < 1.29 is 22.6 Å². The number of halogens is 3. The molecule has 1 aromatic rings. The molecule has 1 saturated heterocycles. The molecule has 5 nitrogen and oxygen atoms in total. The van der Waals surface area contributed by atoms with Gasteiger partial charge in [0.25, 0.3) is 0 Å². The maximum Gasteiger partial charge on any atom is 0.433 e. The van der Waals surface area contributed by atoms with Crippen molar-refractivity contribution in [1.82, 2.24) is 4.98 Å². The maximum atomic E-state index is 12.5. The SMILES string of the molecule is N=C(N)c1ccc(C(F)(F)F)nc1OC1COC1. The number of nitrogen functional groups attached to an aromatic ring is 1. The zero-order valence-electron chi connectivity index (χ0n) is 9.12. The van der Waals surface area contributed by atoms with Crippen LogP contribution >= 0.6 is 0 Å². The van der Waals surface area contributed by atoms with Gasteiger partial charge in [0, 0.05) is 0 Å². The molecule has 1 aliphatic rings. The van der Waals surface area contributed by atoms with Gasteiger partial charge in [-0.05, 0) is 12.1 Å². The van der Waals surface area contributed by atoms with E-state index in [1.165, 1.54) is 0 Å². The molecule has 1 fully saturated rings. The highest BCUT2D eigenvalue weighted by Crippen LogP contribution is 2.30. The van der Waals surface area contributed by atoms with E-state index in [-0.39, 0.29) is 30.8 Å². The van der Waals surface area contributed by atoms with Crippen LogP contribution in [0.25, 0.3) is 0 Å². The van der Waals surface area contributed by atoms with Crippen LogP contribution in [0.1, 0.15) is 11.3 Å². The van der Waals surface area contributed by atoms with E-state index in [4.69, 9.17) is 20.6 Å². The van der Waals surface area contributed by atoms with E-state index in [9.17, 15) is 13.2 Å². The number of pyridine rings is 1. The van der Waals surface area contributed by atoms with Gasteiger partial charge in [0.15, 0.2) is 0 Å². The van der Waals surface area contributed by atoms with E-state index in [0.29, 0.717) is 0 Å². The summed E-state index contributed by atoms with van der Waals surface area (Å²) in [6.45, 7) is 0.574. The lowest BCUT2D eigenvalue weighted by atomic mass is 10.2. The minimum Gasteiger partial charge on any atom is -0.469 e. The summed E-state index contributed by atoms with van der Waals surface area (Å²) in [6, 6.07) is 1.84. The van der Waals surface area contributed by atoms with Gasteiger partial charge in [0.1, 0.15) is 17.6 Å². The largest absolute Gasteiger partial charge is 0.469 e. The molecule has 2 heterocycles. The van der Waals surface area contributed by atoms with Gasteiger partial charge in [-0.15, -0.1) is 0 Å². The molecule has 1 aliphatic heterocycles. The number of alkyl halides is 3. The van der Waals surface area contributed by atoms with Gasteiger partial charge >= 0.3 is 6.18 Å². The Morgan fingerprint density at radius 2 is 2.11 bits per heavy atom. The second-order valence-electron chi connectivity index (χ2n) is 3.74. The van der Waals surface area contributed by atoms with Gasteiger partial charge in [-0.3, -0.25) is 5.41 Å². The van der Waals surface area contributed by atoms with Crippen molar-refractivity contribution in [2.45, 2.75) is 12.3 Å². The average Bonchev–Trinajstić information content (AvgIpc) is 2.21. The Labute approximate surface area is 100 Å². The third-order valence-electron chi connectivity index (χ3n) is 2.33. The summed E-state index contributed by atoms with van der Waals surface area (Å²) >= 11 is 0. The number of amidine groups is 1. The van der Waals surface area contributed by atoms with Crippen LogP contribution < -0.4 is 10.5 Å². The third kappa shape index (κ3) is 2.53. The van der Waals surface area contributed by atoms with Gasteiger partial charge in [-0.2, -0.15) is 13.2 Å². The third-order valence-corrected chi connectivity index (χ3v) is 2.33. The number of nitrogens with one attached hydrogen (secondary N) is 1. The second kappa shape index (κ2) is 4.45. The van der Waals surface area contributed by atoms with Crippen LogP contribution in [-0.2, 0) is 10.9 Å². The molecule has 0 saturated carbocycles. The van der Waals surface area contributed by atoms with E-state index < -0.39 is 17.7 Å². The molecule has 2 rings (SSSR count). The molecule has 8 heteroatoms. The van der Waals surface area contributed by atoms with Crippen molar-refractivity contribution in [2.75, 3.05) is 13.2 Å². The number of nitrogens with two attached hydrogens (primary N) is 1. The van der Waals surface area contributed by atoms with Gasteiger partial charge in [0.2, 0.25) is 5.88 Å². The van der Waals surface area contributed by atoms with Crippen LogP contribution in [-0.4, -0.2) is 30.1 Å². The van der Waals surface area contributed by atoms with Gasteiger partial charge < -0.3 is 15.2 Å². The lowest BCUT2D eigenvalue weighted by molar-refractivity contribution is -0.141. The highest BCUT2D eigenvalue weighted by molar-refractivity contribution is 5.97. The number of rotatable bonds is 3. The molecule has 0 atom stereocenters. The molecule has 18 heavy (non-hydrogen) atoms. The standard InChI is InChI=1S/C10H10F3N3O2/c11-10(12,13)7-2-1-6(8(14)15)9(16-7)18-5-3-17-4-5/h1-2,5H,3-4H2,(H3,14,15). The van der Waals surface area contributed by atoms with Gasteiger partial charge in [-0.1, -0.05) is 0 Å². The summed E-state index contributed by atoms with van der Waals surface area (Å²) in [5.41, 5.74) is 4.22. The van der Waals surface area contributed by atoms with Gasteiger partial charge in [0.05, 0.1) is 18.8 Å². The van der Waals surface area contributed by atoms with E-state index in [0.717, 1.165) is 12.1 Å². The summed E-state index contributed by atoms with van der Waals surface area (Å²) in [5, 5.41) is 7.27. The molecule has 0 bridgehead atoms. The lowest BCUT2D eigenvalue weighted by Gasteiger charge is -2.27. The second-order valence-corrected chi connectivity index (χ2v) is 3.74. The first-order valence-electron chi connectivity index (χ1n) is 5.05. The van der Waals surface area contributed by atoms with Gasteiger partial charge in [-0.25, -0.2) is 4.98 Å². The summed E-state index contributed by atoms with van der Waals surface area (Å²) in [7, 11) is 0. The molecule has 3 N–H and O–H groups in total. The Hall–Kier alpha value is -1.83. The highest BCUT2D eigenvalue weighted by Gasteiger charge is 2.34. The normalized spacial score (nSPS) is 16.2. The highest BCUT2D eigenvalue weighted by atomic mass is 19.4. The molecule has 0 aliphatic carbocycles. The van der Waals surface area contributed by atoms with E-state index in [2.05, 4.69) is 4.98 Å². The quantitative estimate of drug-likeness (QED) is 0.632. The maximum absolute atomic E-state index is 12.5. The first-order valence-corrected chi connectivity index (χ1v) is 5.05. The predicted octanol–water partition coefficient (Wildman–Crippen LogP) is 1.16. The predicted molar refractivity (Wildman–Crippen MR) is 55.5 cm³/mol. The molecular formula is C10H10F3N3O2. The summed E-state index contributed by atoms with van der Waals surface area (Å²) < 4.78 is 47.6. The Morgan fingerprint density at radius 3 is 2.56 bits per heavy atom. The van der Waals surface area contributed by atoms with Crippen LogP contribution in [0.15, 0.2) is 12.1 Å². The molecule has 0 amide bonds. The molecular weight excluding hydrogens is 251 g/mol. The number of ether oxygens (including phenoxy) is 2. The summed E-state index contributed by atoms with van der Waals surface area (Å²) in [4.78, 5) is 3.36. The van der Waals surface area contributed by atoms with Crippen LogP contribution in [0.3, 0.4) is 0 Å². The van der Waals surface area contributed by atoms with Crippen molar-refractivity contribution in [3.05, 3.63) is 23.4 Å². The number of nitrogens with zero attached hydrogens (tertiary/aromatic N) is 1. The molecule has 1 aromatic heterocycles. The Kier molecular flexibility index (Phi) is 3.12. The average molecular weight is 261 g/mol. The van der Waals surface area contributed by atoms with E-state index in [1.54, 1.807) is 0 Å². The zero-order chi connectivity index (χ0) is 13.3. The molecule has 0 unspecified atom stereocenters. The van der Waals surface area contributed by atoms with Crippen LogP contribution in [0, 0.1) is 5.41 Å².